The zero-order valence-corrected chi connectivity index (χ0v) is 13.4. The van der Waals surface area contributed by atoms with Gasteiger partial charge in [-0.1, -0.05) is 18.2 Å². The highest BCUT2D eigenvalue weighted by molar-refractivity contribution is 9.10. The summed E-state index contributed by atoms with van der Waals surface area (Å²) in [5.74, 6) is -0.990. The quantitative estimate of drug-likeness (QED) is 0.614. The van der Waals surface area contributed by atoms with Crippen molar-refractivity contribution < 1.29 is 14.4 Å². The average molecular weight is 377 g/mol. The first-order valence-electron chi connectivity index (χ1n) is 6.49. The molecule has 2 rings (SSSR count). The number of rotatable bonds is 3. The van der Waals surface area contributed by atoms with E-state index in [1.54, 1.807) is 36.4 Å². The first-order valence-corrected chi connectivity index (χ1v) is 7.28. The predicted molar refractivity (Wildman–Crippen MR) is 88.7 cm³/mol. The molecule has 0 unspecified atom stereocenters. The van der Waals surface area contributed by atoms with E-state index in [0.717, 1.165) is 0 Å². The van der Waals surface area contributed by atoms with Crippen molar-refractivity contribution in [3.8, 4) is 0 Å². The molecule has 0 aromatic heterocycles. The molecule has 8 heteroatoms. The predicted octanol–water partition coefficient (Wildman–Crippen LogP) is 2.01. The Hall–Kier alpha value is -2.87. The van der Waals surface area contributed by atoms with Crippen LogP contribution in [0, 0.1) is 0 Å². The van der Waals surface area contributed by atoms with Crippen molar-refractivity contribution in [2.45, 2.75) is 0 Å². The van der Waals surface area contributed by atoms with Gasteiger partial charge in [0, 0.05) is 15.7 Å². The van der Waals surface area contributed by atoms with Crippen LogP contribution in [0.3, 0.4) is 0 Å². The van der Waals surface area contributed by atoms with E-state index in [0.29, 0.717) is 15.7 Å². The van der Waals surface area contributed by atoms with Crippen LogP contribution >= 0.6 is 15.9 Å². The Kier molecular flexibility index (Phi) is 5.32. The monoisotopic (exact) mass is 376 g/mol. The Labute approximate surface area is 140 Å². The molecule has 0 saturated carbocycles. The molecule has 0 aliphatic rings. The Balaban J connectivity index is 2.01. The SMILES string of the molecule is NC(=O)Nc1cccc(C(=O)NNC(=O)c2ccccc2Br)c1. The van der Waals surface area contributed by atoms with E-state index in [4.69, 9.17) is 5.73 Å². The van der Waals surface area contributed by atoms with Gasteiger partial charge in [-0.25, -0.2) is 4.79 Å². The molecule has 0 aliphatic carbocycles. The van der Waals surface area contributed by atoms with Gasteiger partial charge in [0.1, 0.15) is 0 Å². The maximum atomic E-state index is 12.0. The van der Waals surface area contributed by atoms with Gasteiger partial charge in [-0.05, 0) is 46.3 Å². The molecule has 4 amide bonds. The van der Waals surface area contributed by atoms with Crippen LogP contribution in [0.1, 0.15) is 20.7 Å². The van der Waals surface area contributed by atoms with Crippen molar-refractivity contribution in [2.24, 2.45) is 5.73 Å². The Morgan fingerprint density at radius 3 is 2.30 bits per heavy atom. The maximum Gasteiger partial charge on any atom is 0.316 e. The fourth-order valence-corrected chi connectivity index (χ4v) is 2.24. The fraction of sp³-hybridized carbons (Fsp3) is 0. The normalized spacial score (nSPS) is 9.78. The van der Waals surface area contributed by atoms with Gasteiger partial charge in [0.25, 0.3) is 11.8 Å². The number of urea groups is 1. The summed E-state index contributed by atoms with van der Waals surface area (Å²) in [5.41, 5.74) is 10.7. The van der Waals surface area contributed by atoms with E-state index in [9.17, 15) is 14.4 Å². The molecular weight excluding hydrogens is 364 g/mol. The number of carbonyl (C=O) groups excluding carboxylic acids is 3. The number of amides is 4. The third-order valence-corrected chi connectivity index (χ3v) is 3.49. The van der Waals surface area contributed by atoms with E-state index in [1.165, 1.54) is 12.1 Å². The number of primary amides is 1. The van der Waals surface area contributed by atoms with Crippen LogP contribution in [0.4, 0.5) is 10.5 Å². The topological polar surface area (TPSA) is 113 Å². The molecule has 0 heterocycles. The van der Waals surface area contributed by atoms with Crippen molar-refractivity contribution in [1.82, 2.24) is 10.9 Å². The lowest BCUT2D eigenvalue weighted by molar-refractivity contribution is 0.0846. The minimum Gasteiger partial charge on any atom is -0.351 e. The first-order chi connectivity index (χ1) is 11.0. The summed E-state index contributed by atoms with van der Waals surface area (Å²) in [5, 5.41) is 2.36. The summed E-state index contributed by atoms with van der Waals surface area (Å²) in [6.07, 6.45) is 0. The van der Waals surface area contributed by atoms with Gasteiger partial charge in [-0.3, -0.25) is 20.4 Å². The number of carbonyl (C=O) groups is 3. The first kappa shape index (κ1) is 16.5. The van der Waals surface area contributed by atoms with Crippen molar-refractivity contribution in [2.75, 3.05) is 5.32 Å². The largest absolute Gasteiger partial charge is 0.351 e. The van der Waals surface area contributed by atoms with E-state index < -0.39 is 17.8 Å². The number of nitrogens with two attached hydrogens (primary N) is 1. The van der Waals surface area contributed by atoms with E-state index in [1.807, 2.05) is 0 Å². The summed E-state index contributed by atoms with van der Waals surface area (Å²) >= 11 is 3.26. The standard InChI is InChI=1S/C15H13BrN4O3/c16-12-7-2-1-6-11(12)14(22)20-19-13(21)9-4-3-5-10(8-9)18-15(17)23/h1-8H,(H,19,21)(H,20,22)(H3,17,18,23). The Bertz CT molecular complexity index is 764. The molecule has 2 aromatic rings. The van der Waals surface area contributed by atoms with Gasteiger partial charge >= 0.3 is 6.03 Å². The number of hydrazine groups is 1. The molecule has 5 N–H and O–H groups in total. The molecule has 0 fully saturated rings. The van der Waals surface area contributed by atoms with Crippen molar-refractivity contribution in [3.05, 3.63) is 64.1 Å². The molecule has 0 radical (unpaired) electrons. The van der Waals surface area contributed by atoms with Crippen LogP contribution < -0.4 is 21.9 Å². The van der Waals surface area contributed by atoms with Gasteiger partial charge < -0.3 is 11.1 Å². The lowest BCUT2D eigenvalue weighted by atomic mass is 10.2. The zero-order valence-electron chi connectivity index (χ0n) is 11.8. The third kappa shape index (κ3) is 4.55. The van der Waals surface area contributed by atoms with Crippen LogP contribution in [0.2, 0.25) is 0 Å². The minimum absolute atomic E-state index is 0.253. The lowest BCUT2D eigenvalue weighted by Gasteiger charge is -2.09. The number of hydrogen-bond donors (Lipinski definition) is 4. The van der Waals surface area contributed by atoms with Crippen LogP contribution in [0.25, 0.3) is 0 Å². The number of halogens is 1. The summed E-state index contributed by atoms with van der Waals surface area (Å²) < 4.78 is 0.611. The Morgan fingerprint density at radius 1 is 0.913 bits per heavy atom. The molecule has 2 aromatic carbocycles. The second-order valence-electron chi connectivity index (χ2n) is 4.46. The van der Waals surface area contributed by atoms with Gasteiger partial charge in [0.2, 0.25) is 0 Å². The van der Waals surface area contributed by atoms with E-state index in [2.05, 4.69) is 32.1 Å². The number of benzene rings is 2. The smallest absolute Gasteiger partial charge is 0.316 e. The molecule has 0 spiro atoms. The van der Waals surface area contributed by atoms with Crippen molar-refractivity contribution in [3.63, 3.8) is 0 Å². The maximum absolute atomic E-state index is 12.0. The highest BCUT2D eigenvalue weighted by atomic mass is 79.9. The molecule has 0 saturated heterocycles. The van der Waals surface area contributed by atoms with Gasteiger partial charge in [0.05, 0.1) is 5.56 Å². The van der Waals surface area contributed by atoms with E-state index >= 15 is 0 Å². The second kappa shape index (κ2) is 7.41. The molecule has 0 bridgehead atoms. The van der Waals surface area contributed by atoms with Gasteiger partial charge in [-0.15, -0.1) is 0 Å². The lowest BCUT2D eigenvalue weighted by Crippen LogP contribution is -2.41. The van der Waals surface area contributed by atoms with Gasteiger partial charge in [0.15, 0.2) is 0 Å². The average Bonchev–Trinajstić information content (AvgIpc) is 2.52. The van der Waals surface area contributed by atoms with Crippen molar-refractivity contribution >= 4 is 39.5 Å². The van der Waals surface area contributed by atoms with Gasteiger partial charge in [-0.2, -0.15) is 0 Å². The minimum atomic E-state index is -0.732. The van der Waals surface area contributed by atoms with Crippen LogP contribution in [-0.2, 0) is 0 Å². The van der Waals surface area contributed by atoms with Crippen molar-refractivity contribution in [1.29, 1.82) is 0 Å². The summed E-state index contributed by atoms with van der Waals surface area (Å²) in [6, 6.07) is 12.2. The molecular formula is C15H13BrN4O3. The number of nitrogens with one attached hydrogen (secondary N) is 3. The summed E-state index contributed by atoms with van der Waals surface area (Å²) in [6.45, 7) is 0. The van der Waals surface area contributed by atoms with Crippen LogP contribution in [0.5, 0.6) is 0 Å². The molecule has 0 atom stereocenters. The highest BCUT2D eigenvalue weighted by Crippen LogP contribution is 2.15. The number of hydrogen-bond acceptors (Lipinski definition) is 3. The van der Waals surface area contributed by atoms with E-state index in [-0.39, 0.29) is 5.56 Å². The third-order valence-electron chi connectivity index (χ3n) is 2.80. The summed E-state index contributed by atoms with van der Waals surface area (Å²) in [4.78, 5) is 34.8. The Morgan fingerprint density at radius 2 is 1.61 bits per heavy atom. The molecule has 0 aliphatic heterocycles. The molecule has 7 nitrogen and oxygen atoms in total. The fourth-order valence-electron chi connectivity index (χ4n) is 1.78. The highest BCUT2D eigenvalue weighted by Gasteiger charge is 2.11. The second-order valence-corrected chi connectivity index (χ2v) is 5.31. The molecule has 23 heavy (non-hydrogen) atoms. The number of anilines is 1. The van der Waals surface area contributed by atoms with Crippen LogP contribution in [0.15, 0.2) is 53.0 Å². The van der Waals surface area contributed by atoms with Crippen LogP contribution in [-0.4, -0.2) is 17.8 Å². The molecule has 118 valence electrons. The summed E-state index contributed by atoms with van der Waals surface area (Å²) in [7, 11) is 0. The zero-order chi connectivity index (χ0) is 16.8.